The minimum Gasteiger partial charge on any atom is -0.497 e. The standard InChI is InChI=1S/C21H23N3O6/c1-21(13-6-8-14(27-2)9-7-13)19(25)24(20(26)23-21)22-12-16-17(29-4)10-15(28-3)11-18(16)30-5/h6-12H,1-5H3,(H,23,26)/b22-12-/t21-/m0/s1. The molecular weight excluding hydrogens is 390 g/mol. The van der Waals surface area contributed by atoms with Gasteiger partial charge in [0.15, 0.2) is 0 Å². The van der Waals surface area contributed by atoms with Crippen molar-refractivity contribution >= 4 is 18.2 Å². The van der Waals surface area contributed by atoms with E-state index in [2.05, 4.69) is 10.4 Å². The second-order valence-electron chi connectivity index (χ2n) is 6.59. The van der Waals surface area contributed by atoms with Crippen LogP contribution in [0.3, 0.4) is 0 Å². The number of carbonyl (C=O) groups is 2. The lowest BCUT2D eigenvalue weighted by Gasteiger charge is -2.21. The molecule has 0 bridgehead atoms. The van der Waals surface area contributed by atoms with E-state index in [0.29, 0.717) is 34.1 Å². The zero-order valence-electron chi connectivity index (χ0n) is 17.4. The topological polar surface area (TPSA) is 98.7 Å². The Morgan fingerprint density at radius 2 is 1.47 bits per heavy atom. The van der Waals surface area contributed by atoms with Crippen LogP contribution in [0.25, 0.3) is 0 Å². The lowest BCUT2D eigenvalue weighted by molar-refractivity contribution is -0.131. The third-order valence-electron chi connectivity index (χ3n) is 4.89. The van der Waals surface area contributed by atoms with Crippen molar-refractivity contribution in [1.82, 2.24) is 10.3 Å². The largest absolute Gasteiger partial charge is 0.497 e. The molecule has 0 aromatic heterocycles. The number of hydrazone groups is 1. The van der Waals surface area contributed by atoms with Crippen LogP contribution in [-0.2, 0) is 10.3 Å². The summed E-state index contributed by atoms with van der Waals surface area (Å²) in [6.07, 6.45) is 1.34. The summed E-state index contributed by atoms with van der Waals surface area (Å²) in [6, 6.07) is 9.55. The van der Waals surface area contributed by atoms with E-state index in [1.807, 2.05) is 0 Å². The fourth-order valence-electron chi connectivity index (χ4n) is 3.12. The van der Waals surface area contributed by atoms with E-state index < -0.39 is 17.5 Å². The van der Waals surface area contributed by atoms with Gasteiger partial charge in [-0.15, -0.1) is 5.01 Å². The van der Waals surface area contributed by atoms with Crippen LogP contribution in [0.15, 0.2) is 41.5 Å². The van der Waals surface area contributed by atoms with E-state index in [1.165, 1.54) is 27.5 Å². The smallest absolute Gasteiger partial charge is 0.346 e. The van der Waals surface area contributed by atoms with Gasteiger partial charge in [0, 0.05) is 12.1 Å². The maximum Gasteiger partial charge on any atom is 0.346 e. The van der Waals surface area contributed by atoms with Crippen LogP contribution < -0.4 is 24.3 Å². The van der Waals surface area contributed by atoms with Crippen LogP contribution in [-0.4, -0.2) is 51.6 Å². The molecule has 0 unspecified atom stereocenters. The van der Waals surface area contributed by atoms with Crippen molar-refractivity contribution in [2.24, 2.45) is 5.10 Å². The third-order valence-corrected chi connectivity index (χ3v) is 4.89. The van der Waals surface area contributed by atoms with Crippen LogP contribution >= 0.6 is 0 Å². The summed E-state index contributed by atoms with van der Waals surface area (Å²) < 4.78 is 21.1. The molecule has 0 aliphatic carbocycles. The average molecular weight is 413 g/mol. The number of rotatable bonds is 7. The summed E-state index contributed by atoms with van der Waals surface area (Å²) in [5, 5.41) is 7.59. The molecule has 0 radical (unpaired) electrons. The number of hydrogen-bond acceptors (Lipinski definition) is 7. The Hall–Kier alpha value is -3.75. The predicted octanol–water partition coefficient (Wildman–Crippen LogP) is 2.52. The van der Waals surface area contributed by atoms with E-state index in [4.69, 9.17) is 18.9 Å². The van der Waals surface area contributed by atoms with E-state index in [1.54, 1.807) is 50.4 Å². The molecule has 1 aliphatic rings. The number of ether oxygens (including phenoxy) is 4. The molecule has 3 amide bonds. The van der Waals surface area contributed by atoms with Crippen LogP contribution in [0.4, 0.5) is 4.79 Å². The maximum absolute atomic E-state index is 13.0. The molecule has 1 atom stereocenters. The summed E-state index contributed by atoms with van der Waals surface area (Å²) in [6.45, 7) is 1.62. The fraction of sp³-hybridized carbons (Fsp3) is 0.286. The van der Waals surface area contributed by atoms with Gasteiger partial charge in [-0.2, -0.15) is 5.10 Å². The van der Waals surface area contributed by atoms with Crippen molar-refractivity contribution in [3.63, 3.8) is 0 Å². The summed E-state index contributed by atoms with van der Waals surface area (Å²) in [7, 11) is 6.05. The first kappa shape index (κ1) is 21.0. The minimum absolute atomic E-state index is 0.417. The van der Waals surface area contributed by atoms with Crippen LogP contribution in [0.5, 0.6) is 23.0 Å². The highest BCUT2D eigenvalue weighted by Gasteiger charge is 2.49. The van der Waals surface area contributed by atoms with Crippen molar-refractivity contribution in [3.05, 3.63) is 47.5 Å². The summed E-state index contributed by atoms with van der Waals surface area (Å²) in [5.74, 6) is 1.50. The molecule has 158 valence electrons. The van der Waals surface area contributed by atoms with E-state index in [0.717, 1.165) is 5.01 Å². The average Bonchev–Trinajstić information content (AvgIpc) is 3.00. The Kier molecular flexibility index (Phi) is 5.81. The summed E-state index contributed by atoms with van der Waals surface area (Å²) >= 11 is 0. The number of imide groups is 1. The highest BCUT2D eigenvalue weighted by atomic mass is 16.5. The molecular formula is C21H23N3O6. The number of methoxy groups -OCH3 is 4. The number of urea groups is 1. The molecule has 1 saturated heterocycles. The van der Waals surface area contributed by atoms with Crippen molar-refractivity contribution in [2.75, 3.05) is 28.4 Å². The Morgan fingerprint density at radius 1 is 0.900 bits per heavy atom. The number of hydrogen-bond donors (Lipinski definition) is 1. The van der Waals surface area contributed by atoms with Gasteiger partial charge in [0.1, 0.15) is 28.5 Å². The van der Waals surface area contributed by atoms with Gasteiger partial charge in [0.2, 0.25) is 0 Å². The van der Waals surface area contributed by atoms with Crippen molar-refractivity contribution < 1.29 is 28.5 Å². The summed E-state index contributed by atoms with van der Waals surface area (Å²) in [5.41, 5.74) is -0.187. The van der Waals surface area contributed by atoms with E-state index >= 15 is 0 Å². The van der Waals surface area contributed by atoms with Gasteiger partial charge in [-0.1, -0.05) is 12.1 Å². The van der Waals surface area contributed by atoms with E-state index in [9.17, 15) is 9.59 Å². The Morgan fingerprint density at radius 3 is 1.97 bits per heavy atom. The molecule has 0 saturated carbocycles. The molecule has 0 spiro atoms. The van der Waals surface area contributed by atoms with Gasteiger partial charge in [0.25, 0.3) is 5.91 Å². The maximum atomic E-state index is 13.0. The van der Waals surface area contributed by atoms with Crippen molar-refractivity contribution in [2.45, 2.75) is 12.5 Å². The normalized spacial score (nSPS) is 18.5. The van der Waals surface area contributed by atoms with E-state index in [-0.39, 0.29) is 0 Å². The lowest BCUT2D eigenvalue weighted by Crippen LogP contribution is -2.40. The first-order valence-electron chi connectivity index (χ1n) is 9.03. The van der Waals surface area contributed by atoms with Gasteiger partial charge in [-0.25, -0.2) is 4.79 Å². The molecule has 1 N–H and O–H groups in total. The molecule has 1 heterocycles. The first-order chi connectivity index (χ1) is 14.4. The molecule has 3 rings (SSSR count). The lowest BCUT2D eigenvalue weighted by atomic mass is 9.92. The van der Waals surface area contributed by atoms with Crippen molar-refractivity contribution in [3.8, 4) is 23.0 Å². The monoisotopic (exact) mass is 413 g/mol. The molecule has 9 nitrogen and oxygen atoms in total. The Balaban J connectivity index is 1.93. The third kappa shape index (κ3) is 3.61. The van der Waals surface area contributed by atoms with Crippen LogP contribution in [0.1, 0.15) is 18.1 Å². The summed E-state index contributed by atoms with van der Waals surface area (Å²) in [4.78, 5) is 25.5. The van der Waals surface area contributed by atoms with Crippen molar-refractivity contribution in [1.29, 1.82) is 0 Å². The number of nitrogens with zero attached hydrogens (tertiary/aromatic N) is 2. The minimum atomic E-state index is -1.26. The number of carbonyl (C=O) groups excluding carboxylic acids is 2. The number of benzene rings is 2. The molecule has 1 aliphatic heterocycles. The van der Waals surface area contributed by atoms with Gasteiger partial charge < -0.3 is 24.3 Å². The second-order valence-corrected chi connectivity index (χ2v) is 6.59. The highest BCUT2D eigenvalue weighted by Crippen LogP contribution is 2.34. The van der Waals surface area contributed by atoms with Gasteiger partial charge in [0.05, 0.1) is 40.2 Å². The van der Waals surface area contributed by atoms with Crippen LogP contribution in [0, 0.1) is 0 Å². The number of nitrogens with one attached hydrogen (secondary N) is 1. The number of amides is 3. The first-order valence-corrected chi connectivity index (χ1v) is 9.03. The highest BCUT2D eigenvalue weighted by molar-refractivity contribution is 6.07. The zero-order valence-corrected chi connectivity index (χ0v) is 17.4. The molecule has 2 aromatic carbocycles. The molecule has 2 aromatic rings. The zero-order chi connectivity index (χ0) is 21.9. The quantitative estimate of drug-likeness (QED) is 0.553. The van der Waals surface area contributed by atoms with Gasteiger partial charge >= 0.3 is 6.03 Å². The Labute approximate surface area is 174 Å². The Bertz CT molecular complexity index is 964. The second kappa shape index (κ2) is 8.32. The van der Waals surface area contributed by atoms with Crippen LogP contribution in [0.2, 0.25) is 0 Å². The van der Waals surface area contributed by atoms with Gasteiger partial charge in [-0.3, -0.25) is 4.79 Å². The molecule has 9 heteroatoms. The predicted molar refractivity (Wildman–Crippen MR) is 109 cm³/mol. The molecule has 1 fully saturated rings. The SMILES string of the molecule is COc1ccc([C@]2(C)NC(=O)N(/N=C\c3c(OC)cc(OC)cc3OC)C2=O)cc1. The fourth-order valence-corrected chi connectivity index (χ4v) is 3.12. The van der Waals surface area contributed by atoms with Gasteiger partial charge in [-0.05, 0) is 24.6 Å². The molecule has 30 heavy (non-hydrogen) atoms.